The Morgan fingerprint density at radius 2 is 2.21 bits per heavy atom. The molecule has 1 rings (SSSR count). The summed E-state index contributed by atoms with van der Waals surface area (Å²) in [6, 6.07) is 0. The van der Waals surface area contributed by atoms with E-state index in [1.54, 1.807) is 6.08 Å². The molecule has 0 heterocycles. The fraction of sp³-hybridized carbons (Fsp3) is 0.583. The van der Waals surface area contributed by atoms with Gasteiger partial charge in [-0.3, -0.25) is 4.99 Å². The number of aliphatic hydroxyl groups is 1. The largest absolute Gasteiger partial charge is 0.388 e. The van der Waals surface area contributed by atoms with Crippen molar-refractivity contribution in [2.45, 2.75) is 32.8 Å². The number of hydrogen-bond donors (Lipinski definition) is 1. The molecule has 1 aliphatic rings. The van der Waals surface area contributed by atoms with E-state index in [0.717, 1.165) is 24.1 Å². The Bertz CT molecular complexity index is 265. The monoisotopic (exact) mass is 193 g/mol. The van der Waals surface area contributed by atoms with Crippen LogP contribution in [0, 0.1) is 11.8 Å². The zero-order valence-electron chi connectivity index (χ0n) is 9.03. The van der Waals surface area contributed by atoms with Crippen molar-refractivity contribution in [1.82, 2.24) is 0 Å². The van der Waals surface area contributed by atoms with E-state index in [2.05, 4.69) is 32.1 Å². The van der Waals surface area contributed by atoms with Crippen molar-refractivity contribution < 1.29 is 5.11 Å². The Balaban J connectivity index is 2.96. The molecule has 2 unspecified atom stereocenters. The number of rotatable bonds is 3. The van der Waals surface area contributed by atoms with Gasteiger partial charge in [0.05, 0.1) is 6.10 Å². The van der Waals surface area contributed by atoms with Crippen molar-refractivity contribution in [3.05, 3.63) is 23.9 Å². The molecule has 0 amide bonds. The van der Waals surface area contributed by atoms with Crippen LogP contribution in [-0.2, 0) is 0 Å². The van der Waals surface area contributed by atoms with Crippen molar-refractivity contribution in [3.8, 4) is 0 Å². The van der Waals surface area contributed by atoms with Crippen LogP contribution in [0.1, 0.15) is 26.7 Å². The minimum Gasteiger partial charge on any atom is -0.388 e. The van der Waals surface area contributed by atoms with E-state index in [9.17, 15) is 5.11 Å². The lowest BCUT2D eigenvalue weighted by Gasteiger charge is -2.32. The maximum absolute atomic E-state index is 10.1. The minimum absolute atomic E-state index is 0.327. The predicted molar refractivity (Wildman–Crippen MR) is 60.3 cm³/mol. The Morgan fingerprint density at radius 3 is 2.64 bits per heavy atom. The molecule has 0 aromatic rings. The van der Waals surface area contributed by atoms with Crippen LogP contribution in [0.4, 0.5) is 0 Å². The molecule has 14 heavy (non-hydrogen) atoms. The molecule has 0 radical (unpaired) electrons. The highest BCUT2D eigenvalue weighted by molar-refractivity contribution is 5.37. The zero-order chi connectivity index (χ0) is 10.7. The van der Waals surface area contributed by atoms with Crippen molar-refractivity contribution in [1.29, 1.82) is 0 Å². The van der Waals surface area contributed by atoms with Crippen LogP contribution < -0.4 is 0 Å². The molecular formula is C12H19NO. The van der Waals surface area contributed by atoms with E-state index in [-0.39, 0.29) is 0 Å². The number of allylic oxidation sites excluding steroid dienone is 1. The van der Waals surface area contributed by atoms with Crippen LogP contribution in [-0.4, -0.2) is 17.9 Å². The van der Waals surface area contributed by atoms with Gasteiger partial charge in [-0.2, -0.15) is 0 Å². The van der Waals surface area contributed by atoms with Gasteiger partial charge in [0.1, 0.15) is 0 Å². The second-order valence-corrected chi connectivity index (χ2v) is 4.16. The van der Waals surface area contributed by atoms with Crippen molar-refractivity contribution in [2.75, 3.05) is 0 Å². The highest BCUT2D eigenvalue weighted by Crippen LogP contribution is 2.34. The molecule has 1 aliphatic carbocycles. The fourth-order valence-electron chi connectivity index (χ4n) is 2.11. The molecule has 2 heteroatoms. The van der Waals surface area contributed by atoms with E-state index >= 15 is 0 Å². The molecule has 0 saturated carbocycles. The first-order valence-electron chi connectivity index (χ1n) is 5.12. The Labute approximate surface area is 86.1 Å². The summed E-state index contributed by atoms with van der Waals surface area (Å²) in [5, 5.41) is 10.1. The van der Waals surface area contributed by atoms with E-state index in [1.165, 1.54) is 0 Å². The van der Waals surface area contributed by atoms with Crippen molar-refractivity contribution >= 4 is 6.72 Å². The Hall–Kier alpha value is -0.890. The predicted octanol–water partition coefficient (Wildman–Crippen LogP) is 2.55. The summed E-state index contributed by atoms with van der Waals surface area (Å²) in [6.07, 6.45) is 3.19. The molecule has 0 aromatic heterocycles. The van der Waals surface area contributed by atoms with E-state index in [0.29, 0.717) is 11.8 Å². The molecule has 0 aromatic carbocycles. The van der Waals surface area contributed by atoms with Gasteiger partial charge in [0, 0.05) is 11.3 Å². The van der Waals surface area contributed by atoms with Gasteiger partial charge in [-0.1, -0.05) is 26.5 Å². The van der Waals surface area contributed by atoms with Crippen molar-refractivity contribution in [2.24, 2.45) is 16.8 Å². The van der Waals surface area contributed by atoms with Crippen LogP contribution in [0.25, 0.3) is 0 Å². The second-order valence-electron chi connectivity index (χ2n) is 4.16. The van der Waals surface area contributed by atoms with E-state index in [4.69, 9.17) is 0 Å². The molecule has 0 fully saturated rings. The van der Waals surface area contributed by atoms with Gasteiger partial charge in [-0.05, 0) is 31.4 Å². The number of nitrogens with zero attached hydrogens (tertiary/aromatic N) is 1. The molecule has 2 atom stereocenters. The zero-order valence-corrected chi connectivity index (χ0v) is 9.03. The molecule has 1 N–H and O–H groups in total. The molecule has 78 valence electrons. The van der Waals surface area contributed by atoms with E-state index < -0.39 is 6.10 Å². The Morgan fingerprint density at radius 1 is 1.57 bits per heavy atom. The second kappa shape index (κ2) is 4.56. The van der Waals surface area contributed by atoms with Gasteiger partial charge in [0.2, 0.25) is 0 Å². The summed E-state index contributed by atoms with van der Waals surface area (Å²) in [7, 11) is 0. The molecule has 0 saturated heterocycles. The first-order valence-corrected chi connectivity index (χ1v) is 5.12. The number of hydrogen-bond acceptors (Lipinski definition) is 2. The summed E-state index contributed by atoms with van der Waals surface area (Å²) in [5.74, 6) is 0.819. The number of aliphatic imine (C=N–C) groups is 1. The standard InChI is InChI=1S/C12H19NO/c1-5-9-11(13-4)7-6-10(8(2)3)12(9)14/h5,8,10,12,14H,1,4,6-7H2,2-3H3. The minimum atomic E-state index is -0.415. The summed E-state index contributed by atoms with van der Waals surface area (Å²) in [4.78, 5) is 3.94. The smallest absolute Gasteiger partial charge is 0.0838 e. The van der Waals surface area contributed by atoms with Gasteiger partial charge in [0.15, 0.2) is 0 Å². The summed E-state index contributed by atoms with van der Waals surface area (Å²) in [6.45, 7) is 11.5. The van der Waals surface area contributed by atoms with Gasteiger partial charge in [-0.25, -0.2) is 0 Å². The summed E-state index contributed by atoms with van der Waals surface area (Å²) in [5.41, 5.74) is 1.77. The highest BCUT2D eigenvalue weighted by atomic mass is 16.3. The van der Waals surface area contributed by atoms with Gasteiger partial charge in [-0.15, -0.1) is 0 Å². The number of aliphatic hydroxyl groups excluding tert-OH is 1. The van der Waals surface area contributed by atoms with Gasteiger partial charge < -0.3 is 5.11 Å². The average Bonchev–Trinajstić information content (AvgIpc) is 2.16. The molecule has 0 spiro atoms. The lowest BCUT2D eigenvalue weighted by atomic mass is 9.78. The van der Waals surface area contributed by atoms with Gasteiger partial charge in [0.25, 0.3) is 0 Å². The maximum Gasteiger partial charge on any atom is 0.0838 e. The third kappa shape index (κ3) is 1.95. The summed E-state index contributed by atoms with van der Waals surface area (Å²) >= 11 is 0. The first kappa shape index (κ1) is 11.2. The van der Waals surface area contributed by atoms with Gasteiger partial charge >= 0.3 is 0 Å². The Kier molecular flexibility index (Phi) is 3.64. The topological polar surface area (TPSA) is 32.6 Å². The quantitative estimate of drug-likeness (QED) is 0.686. The molecule has 0 aliphatic heterocycles. The van der Waals surface area contributed by atoms with Crippen LogP contribution in [0.15, 0.2) is 28.9 Å². The molecule has 0 bridgehead atoms. The lowest BCUT2D eigenvalue weighted by molar-refractivity contribution is 0.0999. The average molecular weight is 193 g/mol. The first-order chi connectivity index (χ1) is 6.61. The molecule has 2 nitrogen and oxygen atoms in total. The van der Waals surface area contributed by atoms with Crippen LogP contribution in [0.5, 0.6) is 0 Å². The third-order valence-corrected chi connectivity index (χ3v) is 3.04. The van der Waals surface area contributed by atoms with E-state index in [1.807, 2.05) is 0 Å². The molecular weight excluding hydrogens is 174 g/mol. The SMILES string of the molecule is C=CC1=C(N=C)CCC(C(C)C)C1O. The van der Waals surface area contributed by atoms with Crippen molar-refractivity contribution in [3.63, 3.8) is 0 Å². The van der Waals surface area contributed by atoms with Crippen LogP contribution in [0.3, 0.4) is 0 Å². The normalized spacial score (nSPS) is 28.0. The van der Waals surface area contributed by atoms with Crippen LogP contribution >= 0.6 is 0 Å². The fourth-order valence-corrected chi connectivity index (χ4v) is 2.11. The van der Waals surface area contributed by atoms with Crippen LogP contribution in [0.2, 0.25) is 0 Å². The maximum atomic E-state index is 10.1. The highest BCUT2D eigenvalue weighted by Gasteiger charge is 2.30. The third-order valence-electron chi connectivity index (χ3n) is 3.04. The lowest BCUT2D eigenvalue weighted by Crippen LogP contribution is -2.30. The summed E-state index contributed by atoms with van der Waals surface area (Å²) < 4.78 is 0.